The smallest absolute Gasteiger partial charge is 0.253 e. The lowest BCUT2D eigenvalue weighted by Crippen LogP contribution is -2.39. The van der Waals surface area contributed by atoms with Gasteiger partial charge in [0.15, 0.2) is 0 Å². The first kappa shape index (κ1) is 21.8. The van der Waals surface area contributed by atoms with Gasteiger partial charge in [-0.3, -0.25) is 14.5 Å². The van der Waals surface area contributed by atoms with Gasteiger partial charge in [-0.25, -0.2) is 0 Å². The van der Waals surface area contributed by atoms with Gasteiger partial charge in [0.1, 0.15) is 0 Å². The summed E-state index contributed by atoms with van der Waals surface area (Å²) >= 11 is 1.88. The van der Waals surface area contributed by atoms with E-state index in [1.165, 1.54) is 12.8 Å². The van der Waals surface area contributed by atoms with Crippen molar-refractivity contribution in [3.05, 3.63) is 29.8 Å². The molecule has 1 aliphatic rings. The molecular weight excluding hydrogens is 358 g/mol. The summed E-state index contributed by atoms with van der Waals surface area (Å²) in [6, 6.07) is 7.63. The summed E-state index contributed by atoms with van der Waals surface area (Å²) in [7, 11) is 0. The summed E-state index contributed by atoms with van der Waals surface area (Å²) in [5.41, 5.74) is 1.33. The molecule has 2 rings (SSSR count). The molecule has 5 nitrogen and oxygen atoms in total. The quantitative estimate of drug-likeness (QED) is 0.652. The van der Waals surface area contributed by atoms with Crippen molar-refractivity contribution >= 4 is 29.3 Å². The lowest BCUT2D eigenvalue weighted by Gasteiger charge is -2.27. The summed E-state index contributed by atoms with van der Waals surface area (Å²) in [5, 5.41) is 2.96. The van der Waals surface area contributed by atoms with E-state index in [0.29, 0.717) is 23.8 Å². The molecule has 0 unspecified atom stereocenters. The number of unbranched alkanes of at least 4 members (excludes halogenated alkanes) is 2. The van der Waals surface area contributed by atoms with Crippen LogP contribution >= 0.6 is 11.8 Å². The van der Waals surface area contributed by atoms with Gasteiger partial charge in [-0.15, -0.1) is 0 Å². The molecule has 1 saturated heterocycles. The maximum absolute atomic E-state index is 12.6. The lowest BCUT2D eigenvalue weighted by atomic mass is 10.1. The van der Waals surface area contributed by atoms with Crippen LogP contribution in [0.4, 0.5) is 5.69 Å². The molecule has 1 aromatic rings. The van der Waals surface area contributed by atoms with Crippen molar-refractivity contribution in [2.45, 2.75) is 46.1 Å². The summed E-state index contributed by atoms with van der Waals surface area (Å²) in [6.07, 6.45) is 3.47. The van der Waals surface area contributed by atoms with Crippen molar-refractivity contribution in [3.63, 3.8) is 0 Å². The van der Waals surface area contributed by atoms with E-state index in [9.17, 15) is 9.59 Å². The van der Waals surface area contributed by atoms with Gasteiger partial charge < -0.3 is 10.2 Å². The van der Waals surface area contributed by atoms with Crippen molar-refractivity contribution < 1.29 is 9.59 Å². The highest BCUT2D eigenvalue weighted by Gasteiger charge is 2.19. The van der Waals surface area contributed by atoms with Gasteiger partial charge in [0.05, 0.1) is 6.54 Å². The molecule has 0 spiro atoms. The molecule has 150 valence electrons. The fourth-order valence-electron chi connectivity index (χ4n) is 3.15. The van der Waals surface area contributed by atoms with Crippen LogP contribution in [-0.2, 0) is 4.79 Å². The van der Waals surface area contributed by atoms with E-state index in [0.717, 1.165) is 37.6 Å². The number of hydrogen-bond acceptors (Lipinski definition) is 4. The zero-order valence-electron chi connectivity index (χ0n) is 16.9. The van der Waals surface area contributed by atoms with Crippen molar-refractivity contribution in [1.29, 1.82) is 0 Å². The van der Waals surface area contributed by atoms with E-state index in [4.69, 9.17) is 0 Å². The molecule has 0 bridgehead atoms. The van der Waals surface area contributed by atoms with Crippen LogP contribution in [0.15, 0.2) is 24.3 Å². The number of rotatable bonds is 9. The number of nitrogens with one attached hydrogen (secondary N) is 1. The van der Waals surface area contributed by atoms with E-state index in [2.05, 4.69) is 31.0 Å². The second-order valence-corrected chi connectivity index (χ2v) is 8.53. The Morgan fingerprint density at radius 1 is 1.22 bits per heavy atom. The minimum absolute atomic E-state index is 0.0285. The number of amides is 2. The predicted octanol–water partition coefficient (Wildman–Crippen LogP) is 3.71. The fourth-order valence-corrected chi connectivity index (χ4v) is 4.05. The van der Waals surface area contributed by atoms with E-state index in [1.54, 1.807) is 6.07 Å². The standard InChI is InChI=1S/C21H33N3O2S/c1-4-5-6-10-24(17(2)3)16-20(25)22-19-9-7-8-18(15-19)21(26)23-11-13-27-14-12-23/h7-9,15,17H,4-6,10-14,16H2,1-3H3,(H,22,25). The number of anilines is 1. The zero-order valence-corrected chi connectivity index (χ0v) is 17.7. The number of benzene rings is 1. The molecule has 0 aromatic heterocycles. The van der Waals surface area contributed by atoms with Gasteiger partial charge in [0.25, 0.3) is 5.91 Å². The Bertz CT molecular complexity index is 615. The third kappa shape index (κ3) is 7.18. The highest BCUT2D eigenvalue weighted by atomic mass is 32.2. The molecule has 0 aliphatic carbocycles. The molecule has 1 fully saturated rings. The van der Waals surface area contributed by atoms with Crippen molar-refractivity contribution in [1.82, 2.24) is 9.80 Å². The maximum Gasteiger partial charge on any atom is 0.253 e. The second kappa shape index (κ2) is 11.3. The van der Waals surface area contributed by atoms with Crippen LogP contribution in [0.25, 0.3) is 0 Å². The molecule has 0 saturated carbocycles. The van der Waals surface area contributed by atoms with Crippen LogP contribution < -0.4 is 5.32 Å². The Labute approximate surface area is 167 Å². The summed E-state index contributed by atoms with van der Waals surface area (Å²) in [5.74, 6) is 2.00. The summed E-state index contributed by atoms with van der Waals surface area (Å²) in [6.45, 7) is 9.32. The third-order valence-electron chi connectivity index (χ3n) is 4.82. The van der Waals surface area contributed by atoms with Crippen LogP contribution in [0.2, 0.25) is 0 Å². The van der Waals surface area contributed by atoms with Gasteiger partial charge in [0, 0.05) is 41.9 Å². The average Bonchev–Trinajstić information content (AvgIpc) is 2.67. The Morgan fingerprint density at radius 3 is 2.63 bits per heavy atom. The van der Waals surface area contributed by atoms with Gasteiger partial charge in [-0.1, -0.05) is 25.8 Å². The van der Waals surface area contributed by atoms with Gasteiger partial charge >= 0.3 is 0 Å². The number of nitrogens with zero attached hydrogens (tertiary/aromatic N) is 2. The number of carbonyl (C=O) groups is 2. The van der Waals surface area contributed by atoms with Crippen LogP contribution in [0.1, 0.15) is 50.4 Å². The van der Waals surface area contributed by atoms with Gasteiger partial charge in [0.2, 0.25) is 5.91 Å². The normalized spacial score (nSPS) is 14.6. The van der Waals surface area contributed by atoms with E-state index < -0.39 is 0 Å². The first-order chi connectivity index (χ1) is 13.0. The highest BCUT2D eigenvalue weighted by Crippen LogP contribution is 2.16. The van der Waals surface area contributed by atoms with E-state index >= 15 is 0 Å². The average molecular weight is 392 g/mol. The highest BCUT2D eigenvalue weighted by molar-refractivity contribution is 7.99. The van der Waals surface area contributed by atoms with Crippen LogP contribution in [-0.4, -0.2) is 65.3 Å². The van der Waals surface area contributed by atoms with Gasteiger partial charge in [-0.2, -0.15) is 11.8 Å². The number of carbonyl (C=O) groups excluding carboxylic acids is 2. The molecule has 6 heteroatoms. The summed E-state index contributed by atoms with van der Waals surface area (Å²) < 4.78 is 0. The lowest BCUT2D eigenvalue weighted by molar-refractivity contribution is -0.117. The summed E-state index contributed by atoms with van der Waals surface area (Å²) in [4.78, 5) is 29.2. The fraction of sp³-hybridized carbons (Fsp3) is 0.619. The first-order valence-electron chi connectivity index (χ1n) is 10.0. The molecule has 1 heterocycles. The van der Waals surface area contributed by atoms with Crippen molar-refractivity contribution in [2.24, 2.45) is 0 Å². The van der Waals surface area contributed by atoms with Crippen molar-refractivity contribution in [3.8, 4) is 0 Å². The number of thioether (sulfide) groups is 1. The molecule has 1 aliphatic heterocycles. The molecule has 0 radical (unpaired) electrons. The molecular formula is C21H33N3O2S. The first-order valence-corrected chi connectivity index (χ1v) is 11.2. The third-order valence-corrected chi connectivity index (χ3v) is 5.76. The Kier molecular flexibility index (Phi) is 9.15. The molecule has 1 aromatic carbocycles. The maximum atomic E-state index is 12.6. The monoisotopic (exact) mass is 391 g/mol. The van der Waals surface area contributed by atoms with Crippen LogP contribution in [0, 0.1) is 0 Å². The minimum atomic E-state index is -0.0285. The number of hydrogen-bond donors (Lipinski definition) is 1. The topological polar surface area (TPSA) is 52.7 Å². The zero-order chi connectivity index (χ0) is 19.6. The Balaban J connectivity index is 1.93. The van der Waals surface area contributed by atoms with E-state index in [1.807, 2.05) is 34.9 Å². The molecule has 0 atom stereocenters. The minimum Gasteiger partial charge on any atom is -0.337 e. The Hall–Kier alpha value is -1.53. The van der Waals surface area contributed by atoms with E-state index in [-0.39, 0.29) is 11.8 Å². The van der Waals surface area contributed by atoms with Crippen LogP contribution in [0.5, 0.6) is 0 Å². The van der Waals surface area contributed by atoms with Gasteiger partial charge in [-0.05, 0) is 45.0 Å². The Morgan fingerprint density at radius 2 is 1.96 bits per heavy atom. The predicted molar refractivity (Wildman–Crippen MR) is 115 cm³/mol. The molecule has 27 heavy (non-hydrogen) atoms. The molecule has 1 N–H and O–H groups in total. The second-order valence-electron chi connectivity index (χ2n) is 7.30. The molecule has 2 amide bonds. The largest absolute Gasteiger partial charge is 0.337 e. The van der Waals surface area contributed by atoms with Crippen molar-refractivity contribution in [2.75, 3.05) is 43.0 Å². The SMILES string of the molecule is CCCCCN(CC(=O)Nc1cccc(C(=O)N2CCSCC2)c1)C(C)C. The van der Waals surface area contributed by atoms with Crippen LogP contribution in [0.3, 0.4) is 0 Å².